The van der Waals surface area contributed by atoms with Gasteiger partial charge in [-0.05, 0) is 0 Å². The lowest BCUT2D eigenvalue weighted by Crippen LogP contribution is -2.11. The third kappa shape index (κ3) is 5.78. The van der Waals surface area contributed by atoms with Crippen LogP contribution in [0.15, 0.2) is 0 Å². The van der Waals surface area contributed by atoms with Gasteiger partial charge in [0.1, 0.15) is 0 Å². The first-order valence-corrected chi connectivity index (χ1v) is 2.09. The van der Waals surface area contributed by atoms with Crippen molar-refractivity contribution >= 4 is 19.4 Å². The number of rotatable bonds is 2. The molecule has 0 aromatic heterocycles. The van der Waals surface area contributed by atoms with E-state index in [1.165, 1.54) is 5.40 Å². The van der Waals surface area contributed by atoms with Gasteiger partial charge < -0.3 is 14.1 Å². The van der Waals surface area contributed by atoms with Crippen LogP contribution in [-0.2, 0) is 4.10 Å². The summed E-state index contributed by atoms with van der Waals surface area (Å²) in [7, 11) is -1.86. The average molecular weight is 119 g/mol. The lowest BCUT2D eigenvalue weighted by atomic mass is 10.3. The summed E-state index contributed by atoms with van der Waals surface area (Å²) in [5.41, 5.74) is 0. The molecule has 0 aromatic carbocycles. The highest BCUT2D eigenvalue weighted by Gasteiger charge is 2.07. The van der Waals surface area contributed by atoms with Crippen molar-refractivity contribution in [1.29, 1.82) is 5.26 Å². The average Bonchev–Trinajstić information content (AvgIpc) is 1.61. The van der Waals surface area contributed by atoms with Crippen LogP contribution in [0.4, 0.5) is 0 Å². The molecule has 38 valence electrons. The summed E-state index contributed by atoms with van der Waals surface area (Å²) >= 11 is 0.322. The fourth-order valence-corrected chi connectivity index (χ4v) is 0.194. The van der Waals surface area contributed by atoms with Gasteiger partial charge in [-0.25, -0.2) is 0 Å². The second kappa shape index (κ2) is 3.96. The van der Waals surface area contributed by atoms with E-state index in [-0.39, 0.29) is 0 Å². The molecular formula is CH2BNO3S. The van der Waals surface area contributed by atoms with Gasteiger partial charge >= 0.3 is 7.32 Å². The van der Waals surface area contributed by atoms with Crippen molar-refractivity contribution in [2.45, 2.75) is 0 Å². The molecule has 0 saturated carbocycles. The minimum atomic E-state index is -1.86. The fourth-order valence-electron chi connectivity index (χ4n) is 0.0645. The molecule has 0 radical (unpaired) electrons. The highest BCUT2D eigenvalue weighted by Crippen LogP contribution is 1.96. The molecule has 7 heavy (non-hydrogen) atoms. The van der Waals surface area contributed by atoms with Crippen LogP contribution >= 0.6 is 12.0 Å². The van der Waals surface area contributed by atoms with Crippen LogP contribution in [-0.4, -0.2) is 17.4 Å². The molecule has 0 spiro atoms. The molecule has 4 nitrogen and oxygen atoms in total. The van der Waals surface area contributed by atoms with Crippen molar-refractivity contribution in [3.05, 3.63) is 0 Å². The summed E-state index contributed by atoms with van der Waals surface area (Å²) in [6.07, 6.45) is 0. The van der Waals surface area contributed by atoms with Crippen molar-refractivity contribution in [1.82, 2.24) is 0 Å². The van der Waals surface area contributed by atoms with Gasteiger partial charge in [0, 0.05) is 0 Å². The maximum Gasteiger partial charge on any atom is 0.646 e. The molecule has 2 N–H and O–H groups in total. The van der Waals surface area contributed by atoms with Crippen LogP contribution in [0, 0.1) is 10.7 Å². The van der Waals surface area contributed by atoms with Crippen molar-refractivity contribution in [3.63, 3.8) is 0 Å². The van der Waals surface area contributed by atoms with Gasteiger partial charge in [-0.2, -0.15) is 5.26 Å². The molecular weight excluding hydrogens is 117 g/mol. The Balaban J connectivity index is 2.86. The first-order valence-electron chi connectivity index (χ1n) is 1.35. The van der Waals surface area contributed by atoms with E-state index in [0.29, 0.717) is 12.0 Å². The van der Waals surface area contributed by atoms with E-state index in [2.05, 4.69) is 4.10 Å². The predicted octanol–water partition coefficient (Wildman–Crippen LogP) is -0.898. The first kappa shape index (κ1) is 6.78. The fraction of sp³-hybridized carbons (Fsp3) is 0. The van der Waals surface area contributed by atoms with Gasteiger partial charge in [-0.15, -0.1) is 0 Å². The highest BCUT2D eigenvalue weighted by molar-refractivity contribution is 7.99. The number of nitriles is 1. The van der Waals surface area contributed by atoms with Gasteiger partial charge in [0.25, 0.3) is 0 Å². The lowest BCUT2D eigenvalue weighted by Gasteiger charge is -1.87. The largest absolute Gasteiger partial charge is 0.646 e. The monoisotopic (exact) mass is 119 g/mol. The third-order valence-electron chi connectivity index (χ3n) is 0.171. The van der Waals surface area contributed by atoms with Gasteiger partial charge in [0.15, 0.2) is 5.40 Å². The Hall–Kier alpha value is -0.215. The quantitative estimate of drug-likeness (QED) is 0.280. The summed E-state index contributed by atoms with van der Waals surface area (Å²) in [4.78, 5) is 0. The van der Waals surface area contributed by atoms with Crippen LogP contribution < -0.4 is 0 Å². The molecule has 0 unspecified atom stereocenters. The summed E-state index contributed by atoms with van der Waals surface area (Å²) in [6.45, 7) is 0. The topological polar surface area (TPSA) is 73.5 Å². The van der Waals surface area contributed by atoms with Gasteiger partial charge in [0.05, 0.1) is 12.0 Å². The predicted molar refractivity (Wildman–Crippen MR) is 24.5 cm³/mol. The zero-order valence-corrected chi connectivity index (χ0v) is 4.05. The van der Waals surface area contributed by atoms with Crippen LogP contribution in [0.25, 0.3) is 0 Å². The SMILES string of the molecule is N#CSOB(O)O. The van der Waals surface area contributed by atoms with Crippen LogP contribution in [0.3, 0.4) is 0 Å². The van der Waals surface area contributed by atoms with Crippen molar-refractivity contribution in [2.24, 2.45) is 0 Å². The number of thiocyanates is 1. The maximum atomic E-state index is 7.84. The lowest BCUT2D eigenvalue weighted by molar-refractivity contribution is 0.309. The second-order valence-electron chi connectivity index (χ2n) is 0.597. The molecule has 6 heteroatoms. The molecule has 0 aromatic rings. The molecule has 0 atom stereocenters. The summed E-state index contributed by atoms with van der Waals surface area (Å²) in [5.74, 6) is 0. The van der Waals surface area contributed by atoms with E-state index in [9.17, 15) is 0 Å². The molecule has 0 aliphatic carbocycles. The number of hydrogen-bond donors (Lipinski definition) is 2. The molecule has 0 amide bonds. The maximum absolute atomic E-state index is 7.84. The van der Waals surface area contributed by atoms with E-state index >= 15 is 0 Å². The third-order valence-corrected chi connectivity index (χ3v) is 0.514. The highest BCUT2D eigenvalue weighted by atomic mass is 32.2. The molecule has 0 saturated heterocycles. The Morgan fingerprint density at radius 1 is 1.71 bits per heavy atom. The zero-order valence-electron chi connectivity index (χ0n) is 3.24. The van der Waals surface area contributed by atoms with Gasteiger partial charge in [-0.3, -0.25) is 0 Å². The Morgan fingerprint density at radius 3 is 2.43 bits per heavy atom. The van der Waals surface area contributed by atoms with Crippen LogP contribution in [0.5, 0.6) is 0 Å². The molecule has 0 heterocycles. The molecule has 0 aliphatic rings. The van der Waals surface area contributed by atoms with Gasteiger partial charge in [-0.1, -0.05) is 0 Å². The summed E-state index contributed by atoms with van der Waals surface area (Å²) in [5, 5.41) is 24.8. The van der Waals surface area contributed by atoms with E-state index in [1.54, 1.807) is 0 Å². The zero-order chi connectivity index (χ0) is 5.70. The Morgan fingerprint density at radius 2 is 2.29 bits per heavy atom. The van der Waals surface area contributed by atoms with Crippen molar-refractivity contribution in [3.8, 4) is 5.40 Å². The summed E-state index contributed by atoms with van der Waals surface area (Å²) in [6, 6.07) is 0. The molecule has 0 rings (SSSR count). The minimum Gasteiger partial charge on any atom is -0.401 e. The summed E-state index contributed by atoms with van der Waals surface area (Å²) < 4.78 is 3.86. The Kier molecular flexibility index (Phi) is 3.84. The van der Waals surface area contributed by atoms with Gasteiger partial charge in [0.2, 0.25) is 0 Å². The number of nitrogens with zero attached hydrogens (tertiary/aromatic N) is 1. The molecule has 0 fully saturated rings. The van der Waals surface area contributed by atoms with Crippen molar-refractivity contribution < 1.29 is 14.1 Å². The van der Waals surface area contributed by atoms with Crippen LogP contribution in [0.1, 0.15) is 0 Å². The van der Waals surface area contributed by atoms with Crippen LogP contribution in [0.2, 0.25) is 0 Å². The number of hydrogen-bond acceptors (Lipinski definition) is 5. The Labute approximate surface area is 45.1 Å². The Bertz CT molecular complexity index is 79.5. The minimum absolute atomic E-state index is 0.322. The van der Waals surface area contributed by atoms with Crippen molar-refractivity contribution in [2.75, 3.05) is 0 Å². The van der Waals surface area contributed by atoms with E-state index in [4.69, 9.17) is 15.3 Å². The second-order valence-corrected chi connectivity index (χ2v) is 1.14. The first-order chi connectivity index (χ1) is 3.27. The standard InChI is InChI=1S/CH2BNO3S/c3-1-7-6-2(4)5/h4-5H. The van der Waals surface area contributed by atoms with E-state index in [1.807, 2.05) is 0 Å². The normalized spacial score (nSPS) is 7.57. The molecule has 0 bridgehead atoms. The smallest absolute Gasteiger partial charge is 0.401 e. The van der Waals surface area contributed by atoms with E-state index in [0.717, 1.165) is 0 Å². The molecule has 0 aliphatic heterocycles. The van der Waals surface area contributed by atoms with E-state index < -0.39 is 7.32 Å².